The summed E-state index contributed by atoms with van der Waals surface area (Å²) in [7, 11) is 1.77. The van der Waals surface area contributed by atoms with Crippen molar-refractivity contribution in [1.82, 2.24) is 9.80 Å². The van der Waals surface area contributed by atoms with Crippen LogP contribution in [-0.4, -0.2) is 73.1 Å². The van der Waals surface area contributed by atoms with Crippen molar-refractivity contribution in [1.29, 1.82) is 0 Å². The highest BCUT2D eigenvalue weighted by Gasteiger charge is 2.43. The molecule has 2 unspecified atom stereocenters. The van der Waals surface area contributed by atoms with Gasteiger partial charge in [-0.3, -0.25) is 9.59 Å². The lowest BCUT2D eigenvalue weighted by atomic mass is 9.98. The van der Waals surface area contributed by atoms with Crippen LogP contribution in [0.3, 0.4) is 0 Å². The monoisotopic (exact) mass is 385 g/mol. The molecule has 152 valence electrons. The van der Waals surface area contributed by atoms with Gasteiger partial charge in [-0.2, -0.15) is 0 Å². The van der Waals surface area contributed by atoms with Gasteiger partial charge in [-0.25, -0.2) is 0 Å². The van der Waals surface area contributed by atoms with Gasteiger partial charge in [0.25, 0.3) is 11.8 Å². The van der Waals surface area contributed by atoms with E-state index in [1.165, 1.54) is 0 Å². The van der Waals surface area contributed by atoms with Crippen LogP contribution in [0.1, 0.15) is 60.2 Å². The fourth-order valence-electron chi connectivity index (χ4n) is 5.17. The first-order valence-corrected chi connectivity index (χ1v) is 10.6. The topological polar surface area (TPSA) is 53.1 Å². The minimum Gasteiger partial charge on any atom is -0.381 e. The number of hydrogen-bond donors (Lipinski definition) is 0. The van der Waals surface area contributed by atoms with E-state index in [4.69, 9.17) is 4.74 Å². The zero-order chi connectivity index (χ0) is 19.8. The molecule has 28 heavy (non-hydrogen) atoms. The summed E-state index contributed by atoms with van der Waals surface area (Å²) in [5.41, 5.74) is 2.30. The average Bonchev–Trinajstić information content (AvgIpc) is 2.91. The van der Waals surface area contributed by atoms with Gasteiger partial charge < -0.3 is 19.4 Å². The number of methoxy groups -OCH3 is 1. The number of ether oxygens (including phenoxy) is 1. The minimum absolute atomic E-state index is 0.0634. The molecule has 3 aliphatic rings. The van der Waals surface area contributed by atoms with Crippen molar-refractivity contribution in [3.8, 4) is 0 Å². The van der Waals surface area contributed by atoms with E-state index >= 15 is 0 Å². The van der Waals surface area contributed by atoms with E-state index in [2.05, 4.69) is 16.7 Å². The molecule has 0 aliphatic carbocycles. The molecule has 0 aromatic heterocycles. The van der Waals surface area contributed by atoms with Gasteiger partial charge in [-0.05, 0) is 57.7 Å². The van der Waals surface area contributed by atoms with Crippen LogP contribution < -0.4 is 4.90 Å². The van der Waals surface area contributed by atoms with Gasteiger partial charge in [0.05, 0.1) is 17.4 Å². The van der Waals surface area contributed by atoms with Crippen LogP contribution in [0.15, 0.2) is 18.2 Å². The Balaban J connectivity index is 1.64. The number of piperidine rings is 1. The number of amides is 2. The smallest absolute Gasteiger partial charge is 0.256 e. The van der Waals surface area contributed by atoms with Crippen LogP contribution in [0.2, 0.25) is 0 Å². The molecule has 6 nitrogen and oxygen atoms in total. The third kappa shape index (κ3) is 3.17. The van der Waals surface area contributed by atoms with Crippen LogP contribution in [0.25, 0.3) is 0 Å². The van der Waals surface area contributed by atoms with Gasteiger partial charge in [0.2, 0.25) is 0 Å². The fourth-order valence-corrected chi connectivity index (χ4v) is 5.17. The normalized spacial score (nSPS) is 27.0. The predicted molar refractivity (Wildman–Crippen MR) is 109 cm³/mol. The second kappa shape index (κ2) is 7.74. The molecule has 2 bridgehead atoms. The summed E-state index contributed by atoms with van der Waals surface area (Å²) in [6, 6.07) is 6.18. The molecule has 6 heteroatoms. The molecule has 1 aromatic rings. The van der Waals surface area contributed by atoms with Crippen molar-refractivity contribution < 1.29 is 14.3 Å². The second-order valence-electron chi connectivity index (χ2n) is 8.12. The Morgan fingerprint density at radius 2 is 1.71 bits per heavy atom. The predicted octanol–water partition coefficient (Wildman–Crippen LogP) is 2.77. The number of nitrogens with zero attached hydrogens (tertiary/aromatic N) is 3. The zero-order valence-electron chi connectivity index (χ0n) is 17.2. The number of likely N-dealkylation sites (N-methyl/N-ethyl adjacent to an activating group) is 2. The highest BCUT2D eigenvalue weighted by molar-refractivity contribution is 6.03. The first-order valence-electron chi connectivity index (χ1n) is 10.6. The number of carbonyl (C=O) groups excluding carboxylic acids is 2. The summed E-state index contributed by atoms with van der Waals surface area (Å²) in [4.78, 5) is 32.5. The maximum absolute atomic E-state index is 13.4. The van der Waals surface area contributed by atoms with E-state index in [9.17, 15) is 9.59 Å². The van der Waals surface area contributed by atoms with Crippen molar-refractivity contribution in [2.24, 2.45) is 0 Å². The largest absolute Gasteiger partial charge is 0.381 e. The van der Waals surface area contributed by atoms with E-state index in [0.717, 1.165) is 51.0 Å². The number of fused-ring (bicyclic) bond motifs is 3. The van der Waals surface area contributed by atoms with Crippen molar-refractivity contribution in [3.05, 3.63) is 29.3 Å². The third-order valence-corrected chi connectivity index (χ3v) is 6.76. The van der Waals surface area contributed by atoms with Crippen LogP contribution in [0.5, 0.6) is 0 Å². The van der Waals surface area contributed by atoms with Crippen LogP contribution in [-0.2, 0) is 4.74 Å². The lowest BCUT2D eigenvalue weighted by Crippen LogP contribution is -2.48. The first-order chi connectivity index (χ1) is 13.6. The number of anilines is 1. The number of hydrogen-bond acceptors (Lipinski definition) is 4. The van der Waals surface area contributed by atoms with Crippen LogP contribution >= 0.6 is 0 Å². The maximum atomic E-state index is 13.4. The summed E-state index contributed by atoms with van der Waals surface area (Å²) < 4.78 is 5.57. The fraction of sp³-hybridized carbons (Fsp3) is 0.636. The van der Waals surface area contributed by atoms with Gasteiger partial charge >= 0.3 is 0 Å². The Morgan fingerprint density at radius 1 is 1.07 bits per heavy atom. The Kier molecular flexibility index (Phi) is 5.32. The highest BCUT2D eigenvalue weighted by Crippen LogP contribution is 2.38. The summed E-state index contributed by atoms with van der Waals surface area (Å²) in [5.74, 6) is 0.165. The SMILES string of the molecule is CCN1CCN(CC)c2cc(C(=O)N3C4CCC3CC(OC)C4)ccc2C1=O. The third-order valence-electron chi connectivity index (χ3n) is 6.76. The Labute approximate surface area is 167 Å². The van der Waals surface area contributed by atoms with Gasteiger partial charge in [0, 0.05) is 50.9 Å². The molecule has 3 heterocycles. The lowest BCUT2D eigenvalue weighted by Gasteiger charge is -2.38. The number of rotatable bonds is 4. The number of carbonyl (C=O) groups is 2. The van der Waals surface area contributed by atoms with Crippen LogP contribution in [0, 0.1) is 0 Å². The summed E-state index contributed by atoms with van der Waals surface area (Å²) in [6.07, 6.45) is 4.24. The van der Waals surface area contributed by atoms with Gasteiger partial charge in [-0.1, -0.05) is 0 Å². The average molecular weight is 386 g/mol. The first kappa shape index (κ1) is 19.2. The molecular weight excluding hydrogens is 354 g/mol. The second-order valence-corrected chi connectivity index (χ2v) is 8.12. The van der Waals surface area contributed by atoms with E-state index in [0.29, 0.717) is 17.7 Å². The van der Waals surface area contributed by atoms with E-state index in [1.54, 1.807) is 7.11 Å². The molecule has 3 aliphatic heterocycles. The standard InChI is InChI=1S/C22H31N3O3/c1-4-23-10-11-24(5-2)22(27)19-9-6-15(12-20(19)23)21(26)25-16-7-8-17(25)14-18(13-16)28-3/h6,9,12,16-18H,4-5,7-8,10-11,13-14H2,1-3H3. The molecule has 0 saturated carbocycles. The summed E-state index contributed by atoms with van der Waals surface area (Å²) in [5, 5.41) is 0. The molecule has 2 fully saturated rings. The number of benzene rings is 1. The molecule has 2 atom stereocenters. The van der Waals surface area contributed by atoms with E-state index < -0.39 is 0 Å². The summed E-state index contributed by atoms with van der Waals surface area (Å²) >= 11 is 0. The lowest BCUT2D eigenvalue weighted by molar-refractivity contribution is 0.00821. The Hall–Kier alpha value is -2.08. The van der Waals surface area contributed by atoms with Crippen molar-refractivity contribution in [2.45, 2.75) is 57.7 Å². The molecule has 2 saturated heterocycles. The van der Waals surface area contributed by atoms with Gasteiger partial charge in [0.15, 0.2) is 0 Å². The minimum atomic E-state index is 0.0634. The molecule has 2 amide bonds. The molecule has 1 aromatic carbocycles. The summed E-state index contributed by atoms with van der Waals surface area (Å²) in [6.45, 7) is 7.14. The Bertz CT molecular complexity index is 751. The molecule has 4 rings (SSSR count). The molecular formula is C22H31N3O3. The quantitative estimate of drug-likeness (QED) is 0.800. The van der Waals surface area contributed by atoms with Crippen LogP contribution in [0.4, 0.5) is 5.69 Å². The highest BCUT2D eigenvalue weighted by atomic mass is 16.5. The molecule has 0 N–H and O–H groups in total. The van der Waals surface area contributed by atoms with E-state index in [-0.39, 0.29) is 30.0 Å². The molecule has 0 radical (unpaired) electrons. The molecule has 0 spiro atoms. The van der Waals surface area contributed by atoms with E-state index in [1.807, 2.05) is 30.0 Å². The Morgan fingerprint density at radius 3 is 2.32 bits per heavy atom. The van der Waals surface area contributed by atoms with Crippen molar-refractivity contribution in [3.63, 3.8) is 0 Å². The maximum Gasteiger partial charge on any atom is 0.256 e. The van der Waals surface area contributed by atoms with Gasteiger partial charge in [0.1, 0.15) is 0 Å². The zero-order valence-corrected chi connectivity index (χ0v) is 17.2. The van der Waals surface area contributed by atoms with Crippen molar-refractivity contribution in [2.75, 3.05) is 38.2 Å². The van der Waals surface area contributed by atoms with Crippen molar-refractivity contribution >= 4 is 17.5 Å². The van der Waals surface area contributed by atoms with Gasteiger partial charge in [-0.15, -0.1) is 0 Å².